The van der Waals surface area contributed by atoms with E-state index in [1.807, 2.05) is 12.1 Å². The lowest BCUT2D eigenvalue weighted by molar-refractivity contribution is 0.270. The molecule has 0 bridgehead atoms. The third kappa shape index (κ3) is 5.97. The molecule has 2 fully saturated rings. The standard InChI is InChI=1S/C19H30FN5.HI/c1-3-24-8-10-25(11-9-24)18-7-6-16(12-17(18)20)14-23-19(21-2)22-13-15-4-5-15;/h6-7,12,15H,3-5,8-11,13-14H2,1-2H3,(H2,21,22,23);1H. The fourth-order valence-corrected chi connectivity index (χ4v) is 3.19. The maximum atomic E-state index is 14.6. The first-order chi connectivity index (χ1) is 12.2. The molecule has 0 amide bonds. The van der Waals surface area contributed by atoms with E-state index in [0.29, 0.717) is 6.54 Å². The number of guanidine groups is 1. The van der Waals surface area contributed by atoms with E-state index in [4.69, 9.17) is 0 Å². The predicted molar refractivity (Wildman–Crippen MR) is 117 cm³/mol. The summed E-state index contributed by atoms with van der Waals surface area (Å²) < 4.78 is 14.6. The van der Waals surface area contributed by atoms with Crippen molar-refractivity contribution >= 4 is 35.6 Å². The third-order valence-electron chi connectivity index (χ3n) is 5.11. The topological polar surface area (TPSA) is 42.9 Å². The number of likely N-dealkylation sites (N-methyl/N-ethyl adjacent to an activating group) is 1. The minimum Gasteiger partial charge on any atom is -0.367 e. The average molecular weight is 475 g/mol. The molecule has 1 aliphatic carbocycles. The van der Waals surface area contributed by atoms with Gasteiger partial charge in [-0.1, -0.05) is 13.0 Å². The van der Waals surface area contributed by atoms with E-state index in [1.54, 1.807) is 13.1 Å². The molecule has 0 radical (unpaired) electrons. The Kier molecular flexibility index (Phi) is 8.40. The van der Waals surface area contributed by atoms with Gasteiger partial charge in [-0.2, -0.15) is 0 Å². The molecule has 1 aliphatic heterocycles. The molecule has 2 aliphatic rings. The molecule has 1 saturated heterocycles. The fourth-order valence-electron chi connectivity index (χ4n) is 3.19. The van der Waals surface area contributed by atoms with E-state index >= 15 is 0 Å². The van der Waals surface area contributed by atoms with Crippen molar-refractivity contribution in [2.75, 3.05) is 51.2 Å². The Hall–Kier alpha value is -1.09. The van der Waals surface area contributed by atoms with Gasteiger partial charge in [-0.25, -0.2) is 4.39 Å². The summed E-state index contributed by atoms with van der Waals surface area (Å²) in [6.07, 6.45) is 2.62. The lowest BCUT2D eigenvalue weighted by Crippen LogP contribution is -2.46. The van der Waals surface area contributed by atoms with Gasteiger partial charge >= 0.3 is 0 Å². The highest BCUT2D eigenvalue weighted by molar-refractivity contribution is 14.0. The van der Waals surface area contributed by atoms with Crippen molar-refractivity contribution < 1.29 is 4.39 Å². The van der Waals surface area contributed by atoms with E-state index in [9.17, 15) is 4.39 Å². The molecule has 0 aromatic heterocycles. The van der Waals surface area contributed by atoms with Crippen LogP contribution in [0.15, 0.2) is 23.2 Å². The van der Waals surface area contributed by atoms with Gasteiger partial charge in [0.05, 0.1) is 5.69 Å². The van der Waals surface area contributed by atoms with Gasteiger partial charge in [-0.05, 0) is 43.0 Å². The predicted octanol–water partition coefficient (Wildman–Crippen LogP) is 2.66. The second-order valence-electron chi connectivity index (χ2n) is 6.96. The normalized spacial score (nSPS) is 18.4. The minimum absolute atomic E-state index is 0. The highest BCUT2D eigenvalue weighted by Crippen LogP contribution is 2.27. The zero-order valence-corrected chi connectivity index (χ0v) is 18.1. The maximum Gasteiger partial charge on any atom is 0.191 e. The molecule has 2 N–H and O–H groups in total. The zero-order valence-electron chi connectivity index (χ0n) is 15.8. The number of benzene rings is 1. The first-order valence-electron chi connectivity index (χ1n) is 9.40. The molecule has 1 saturated carbocycles. The summed E-state index contributed by atoms with van der Waals surface area (Å²) in [5.41, 5.74) is 1.65. The Morgan fingerprint density at radius 3 is 2.50 bits per heavy atom. The molecule has 3 rings (SSSR count). The van der Waals surface area contributed by atoms with Gasteiger partial charge in [0, 0.05) is 46.3 Å². The van der Waals surface area contributed by atoms with Crippen LogP contribution in [0.4, 0.5) is 10.1 Å². The Labute approximate surface area is 173 Å². The van der Waals surface area contributed by atoms with Crippen LogP contribution in [0.5, 0.6) is 0 Å². The quantitative estimate of drug-likeness (QED) is 0.377. The highest BCUT2D eigenvalue weighted by atomic mass is 127. The maximum absolute atomic E-state index is 14.6. The van der Waals surface area contributed by atoms with Gasteiger partial charge < -0.3 is 20.4 Å². The van der Waals surface area contributed by atoms with Gasteiger partial charge in [0.15, 0.2) is 5.96 Å². The molecule has 0 unspecified atom stereocenters. The van der Waals surface area contributed by atoms with Crippen LogP contribution in [0.1, 0.15) is 25.3 Å². The Morgan fingerprint density at radius 1 is 1.19 bits per heavy atom. The van der Waals surface area contributed by atoms with Crippen molar-refractivity contribution in [1.29, 1.82) is 0 Å². The summed E-state index contributed by atoms with van der Waals surface area (Å²) in [7, 11) is 1.77. The molecule has 1 heterocycles. The van der Waals surface area contributed by atoms with Crippen LogP contribution in [0.3, 0.4) is 0 Å². The summed E-state index contributed by atoms with van der Waals surface area (Å²) in [4.78, 5) is 8.76. The fraction of sp³-hybridized carbons (Fsp3) is 0.632. The number of rotatable bonds is 6. The van der Waals surface area contributed by atoms with E-state index < -0.39 is 0 Å². The van der Waals surface area contributed by atoms with Crippen molar-refractivity contribution in [3.05, 3.63) is 29.6 Å². The number of piperazine rings is 1. The van der Waals surface area contributed by atoms with E-state index in [-0.39, 0.29) is 29.8 Å². The molecule has 0 atom stereocenters. The molecule has 1 aromatic rings. The zero-order chi connectivity index (χ0) is 17.6. The van der Waals surface area contributed by atoms with Crippen molar-refractivity contribution in [3.63, 3.8) is 0 Å². The van der Waals surface area contributed by atoms with Crippen molar-refractivity contribution in [2.45, 2.75) is 26.3 Å². The van der Waals surface area contributed by atoms with Crippen LogP contribution >= 0.6 is 24.0 Å². The van der Waals surface area contributed by atoms with E-state index in [1.165, 1.54) is 12.8 Å². The Bertz CT molecular complexity index is 598. The van der Waals surface area contributed by atoms with Gasteiger partial charge in [-0.3, -0.25) is 4.99 Å². The molecule has 7 heteroatoms. The van der Waals surface area contributed by atoms with Crippen molar-refractivity contribution in [1.82, 2.24) is 15.5 Å². The number of nitrogens with zero attached hydrogens (tertiary/aromatic N) is 3. The molecular weight excluding hydrogens is 444 g/mol. The van der Waals surface area contributed by atoms with Crippen molar-refractivity contribution in [3.8, 4) is 0 Å². The largest absolute Gasteiger partial charge is 0.367 e. The Morgan fingerprint density at radius 2 is 1.92 bits per heavy atom. The van der Waals surface area contributed by atoms with Crippen LogP contribution in [0, 0.1) is 11.7 Å². The second-order valence-corrected chi connectivity index (χ2v) is 6.96. The van der Waals surface area contributed by atoms with E-state index in [2.05, 4.69) is 32.3 Å². The SMILES string of the molecule is CCN1CCN(c2ccc(CNC(=NC)NCC3CC3)cc2F)CC1.I. The highest BCUT2D eigenvalue weighted by Gasteiger charge is 2.21. The number of hydrogen-bond acceptors (Lipinski definition) is 3. The first-order valence-corrected chi connectivity index (χ1v) is 9.40. The lowest BCUT2D eigenvalue weighted by atomic mass is 10.1. The molecular formula is C19H31FIN5. The van der Waals surface area contributed by atoms with Gasteiger partial charge in [0.2, 0.25) is 0 Å². The number of anilines is 1. The summed E-state index contributed by atoms with van der Waals surface area (Å²) >= 11 is 0. The summed E-state index contributed by atoms with van der Waals surface area (Å²) in [5, 5.41) is 6.58. The third-order valence-corrected chi connectivity index (χ3v) is 5.11. The van der Waals surface area contributed by atoms with Crippen LogP contribution in [-0.4, -0.2) is 57.2 Å². The van der Waals surface area contributed by atoms with Crippen LogP contribution in [0.25, 0.3) is 0 Å². The second kappa shape index (κ2) is 10.3. The number of hydrogen-bond donors (Lipinski definition) is 2. The van der Waals surface area contributed by atoms with Gasteiger partial charge in [0.1, 0.15) is 5.82 Å². The number of nitrogens with one attached hydrogen (secondary N) is 2. The summed E-state index contributed by atoms with van der Waals surface area (Å²) in [5.74, 6) is 1.45. The minimum atomic E-state index is -0.134. The van der Waals surface area contributed by atoms with Gasteiger partial charge in [0.25, 0.3) is 0 Å². The molecule has 0 spiro atoms. The van der Waals surface area contributed by atoms with Crippen LogP contribution in [0.2, 0.25) is 0 Å². The monoisotopic (exact) mass is 475 g/mol. The van der Waals surface area contributed by atoms with E-state index in [0.717, 1.165) is 62.4 Å². The first kappa shape index (κ1) is 21.2. The number of aliphatic imine (C=N–C) groups is 1. The van der Waals surface area contributed by atoms with Crippen LogP contribution < -0.4 is 15.5 Å². The lowest BCUT2D eigenvalue weighted by Gasteiger charge is -2.35. The summed E-state index contributed by atoms with van der Waals surface area (Å²) in [6.45, 7) is 8.56. The number of halogens is 2. The van der Waals surface area contributed by atoms with Gasteiger partial charge in [-0.15, -0.1) is 24.0 Å². The molecule has 146 valence electrons. The average Bonchev–Trinajstić information content (AvgIpc) is 3.46. The molecule has 26 heavy (non-hydrogen) atoms. The molecule has 5 nitrogen and oxygen atoms in total. The summed E-state index contributed by atoms with van der Waals surface area (Å²) in [6, 6.07) is 5.56. The molecule has 1 aromatic carbocycles. The smallest absolute Gasteiger partial charge is 0.191 e. The Balaban J connectivity index is 0.00000243. The van der Waals surface area contributed by atoms with Crippen LogP contribution in [-0.2, 0) is 6.54 Å². The van der Waals surface area contributed by atoms with Crippen molar-refractivity contribution in [2.24, 2.45) is 10.9 Å².